The summed E-state index contributed by atoms with van der Waals surface area (Å²) >= 11 is 0. The number of hydrogen-bond acceptors (Lipinski definition) is 5. The number of rotatable bonds is 4. The average molecular weight is 423 g/mol. The zero-order valence-electron chi connectivity index (χ0n) is 16.7. The molecular formula is C22H19F2N5O2. The monoisotopic (exact) mass is 423 g/mol. The molecule has 1 aromatic carbocycles. The number of alkyl halides is 2. The molecule has 0 radical (unpaired) electrons. The molecule has 1 unspecified atom stereocenters. The Kier molecular flexibility index (Phi) is 4.72. The molecule has 1 aliphatic rings. The number of carbonyl (C=O) groups excluding carboxylic acids is 1. The number of carbonyl (C=O) groups is 1. The first kappa shape index (κ1) is 19.3. The predicted octanol–water partition coefficient (Wildman–Crippen LogP) is 4.61. The highest BCUT2D eigenvalue weighted by Crippen LogP contribution is 2.34. The van der Waals surface area contributed by atoms with Crippen molar-refractivity contribution in [2.24, 2.45) is 0 Å². The van der Waals surface area contributed by atoms with Crippen LogP contribution in [0, 0.1) is 6.92 Å². The smallest absolute Gasteiger partial charge is 0.280 e. The van der Waals surface area contributed by atoms with Crippen molar-refractivity contribution in [2.45, 2.75) is 32.2 Å². The van der Waals surface area contributed by atoms with E-state index in [0.29, 0.717) is 29.3 Å². The van der Waals surface area contributed by atoms with Crippen LogP contribution < -0.4 is 0 Å². The molecule has 0 bridgehead atoms. The molecule has 4 heterocycles. The van der Waals surface area contributed by atoms with Gasteiger partial charge in [0, 0.05) is 18.2 Å². The normalized spacial score (nSPS) is 16.5. The van der Waals surface area contributed by atoms with Crippen LogP contribution in [-0.2, 0) is 0 Å². The van der Waals surface area contributed by atoms with Gasteiger partial charge >= 0.3 is 0 Å². The molecule has 31 heavy (non-hydrogen) atoms. The second-order valence-electron chi connectivity index (χ2n) is 7.55. The highest BCUT2D eigenvalue weighted by atomic mass is 19.3. The lowest BCUT2D eigenvalue weighted by atomic mass is 10.1. The summed E-state index contributed by atoms with van der Waals surface area (Å²) in [4.78, 5) is 19.6. The summed E-state index contributed by atoms with van der Waals surface area (Å²) in [5.41, 5.74) is 1.72. The van der Waals surface area contributed by atoms with Gasteiger partial charge in [0.05, 0.1) is 17.9 Å². The van der Waals surface area contributed by atoms with Crippen molar-refractivity contribution in [2.75, 3.05) is 6.54 Å². The number of aryl methyl sites for hydroxylation is 1. The van der Waals surface area contributed by atoms with Gasteiger partial charge in [0.2, 0.25) is 0 Å². The summed E-state index contributed by atoms with van der Waals surface area (Å²) in [6, 6.07) is 11.9. The van der Waals surface area contributed by atoms with Crippen LogP contribution in [0.3, 0.4) is 0 Å². The van der Waals surface area contributed by atoms with Gasteiger partial charge in [-0.2, -0.15) is 5.10 Å². The standard InChI is InChI=1S/C22H19F2N5O2/c1-13-10-17(27-31-13)18-8-5-9-28(18)22(30)15-12-25-29-19(20(23)24)11-16(26-21(15)29)14-6-3-2-4-7-14/h2-4,6-7,10-12,18,20H,5,8-9H2,1H3. The van der Waals surface area contributed by atoms with Crippen LogP contribution in [0.1, 0.15) is 52.8 Å². The Bertz CT molecular complexity index is 1250. The number of likely N-dealkylation sites (tertiary alicyclic amines) is 1. The number of halogens is 2. The lowest BCUT2D eigenvalue weighted by Gasteiger charge is -2.22. The fourth-order valence-electron chi connectivity index (χ4n) is 4.06. The molecule has 7 nitrogen and oxygen atoms in total. The number of aromatic nitrogens is 4. The Balaban J connectivity index is 1.60. The number of benzene rings is 1. The van der Waals surface area contributed by atoms with Gasteiger partial charge in [-0.05, 0) is 25.8 Å². The van der Waals surface area contributed by atoms with E-state index in [9.17, 15) is 13.6 Å². The van der Waals surface area contributed by atoms with E-state index in [0.717, 1.165) is 17.4 Å². The molecule has 0 aliphatic carbocycles. The van der Waals surface area contributed by atoms with Gasteiger partial charge in [-0.15, -0.1) is 0 Å². The zero-order valence-corrected chi connectivity index (χ0v) is 16.7. The lowest BCUT2D eigenvalue weighted by molar-refractivity contribution is 0.0732. The summed E-state index contributed by atoms with van der Waals surface area (Å²) in [6.45, 7) is 2.33. The van der Waals surface area contributed by atoms with Crippen LogP contribution in [0.2, 0.25) is 0 Å². The van der Waals surface area contributed by atoms with Crippen molar-refractivity contribution in [3.8, 4) is 11.3 Å². The quantitative estimate of drug-likeness (QED) is 0.479. The Morgan fingerprint density at radius 2 is 2.03 bits per heavy atom. The van der Waals surface area contributed by atoms with E-state index in [-0.39, 0.29) is 28.9 Å². The molecule has 4 aromatic rings. The molecule has 0 saturated carbocycles. The highest BCUT2D eigenvalue weighted by molar-refractivity contribution is 6.00. The molecular weight excluding hydrogens is 404 g/mol. The third-order valence-electron chi connectivity index (χ3n) is 5.52. The van der Waals surface area contributed by atoms with Crippen LogP contribution in [-0.4, -0.2) is 37.1 Å². The number of amides is 1. The van der Waals surface area contributed by atoms with Crippen LogP contribution in [0.15, 0.2) is 53.2 Å². The van der Waals surface area contributed by atoms with Crippen molar-refractivity contribution >= 4 is 11.6 Å². The Morgan fingerprint density at radius 1 is 1.23 bits per heavy atom. The van der Waals surface area contributed by atoms with Crippen molar-refractivity contribution < 1.29 is 18.1 Å². The number of fused-ring (bicyclic) bond motifs is 1. The minimum absolute atomic E-state index is 0.114. The summed E-state index contributed by atoms with van der Waals surface area (Å²) in [5.74, 6) is 0.358. The van der Waals surface area contributed by atoms with Gasteiger partial charge in [-0.1, -0.05) is 35.5 Å². The minimum Gasteiger partial charge on any atom is -0.361 e. The predicted molar refractivity (Wildman–Crippen MR) is 108 cm³/mol. The van der Waals surface area contributed by atoms with E-state index in [1.165, 1.54) is 12.3 Å². The third-order valence-corrected chi connectivity index (χ3v) is 5.52. The molecule has 1 fully saturated rings. The maximum Gasteiger partial charge on any atom is 0.280 e. The van der Waals surface area contributed by atoms with E-state index >= 15 is 0 Å². The van der Waals surface area contributed by atoms with Gasteiger partial charge in [0.25, 0.3) is 12.3 Å². The minimum atomic E-state index is -2.77. The first-order valence-corrected chi connectivity index (χ1v) is 9.99. The molecule has 1 aliphatic heterocycles. The van der Waals surface area contributed by atoms with Crippen LogP contribution in [0.5, 0.6) is 0 Å². The number of nitrogens with zero attached hydrogens (tertiary/aromatic N) is 5. The van der Waals surface area contributed by atoms with E-state index in [1.54, 1.807) is 36.1 Å². The molecule has 9 heteroatoms. The SMILES string of the molecule is Cc1cc(C2CCCN2C(=O)c2cnn3c(C(F)F)cc(-c4ccccc4)nc23)no1. The van der Waals surface area contributed by atoms with E-state index in [1.807, 2.05) is 12.1 Å². The largest absolute Gasteiger partial charge is 0.361 e. The van der Waals surface area contributed by atoms with E-state index < -0.39 is 6.43 Å². The Labute approximate surface area is 176 Å². The summed E-state index contributed by atoms with van der Waals surface area (Å²) in [5, 5.41) is 8.12. The third kappa shape index (κ3) is 3.35. The van der Waals surface area contributed by atoms with Crippen molar-refractivity contribution in [3.05, 3.63) is 71.4 Å². The molecule has 1 atom stereocenters. The van der Waals surface area contributed by atoms with Crippen molar-refractivity contribution in [1.82, 2.24) is 24.7 Å². The van der Waals surface area contributed by atoms with Gasteiger partial charge in [0.15, 0.2) is 5.65 Å². The van der Waals surface area contributed by atoms with Crippen LogP contribution in [0.25, 0.3) is 16.9 Å². The fourth-order valence-corrected chi connectivity index (χ4v) is 4.06. The summed E-state index contributed by atoms with van der Waals surface area (Å²) in [6.07, 6.45) is 0.108. The molecule has 0 spiro atoms. The number of hydrogen-bond donors (Lipinski definition) is 0. The van der Waals surface area contributed by atoms with Gasteiger partial charge in [0.1, 0.15) is 22.7 Å². The van der Waals surface area contributed by atoms with Crippen molar-refractivity contribution in [3.63, 3.8) is 0 Å². The van der Waals surface area contributed by atoms with Gasteiger partial charge in [-0.3, -0.25) is 4.79 Å². The van der Waals surface area contributed by atoms with Crippen LogP contribution in [0.4, 0.5) is 8.78 Å². The lowest BCUT2D eigenvalue weighted by Crippen LogP contribution is -2.30. The molecule has 1 saturated heterocycles. The Hall–Kier alpha value is -3.62. The topological polar surface area (TPSA) is 76.5 Å². The van der Waals surface area contributed by atoms with Gasteiger partial charge in [-0.25, -0.2) is 18.3 Å². The molecule has 1 amide bonds. The zero-order chi connectivity index (χ0) is 21.5. The summed E-state index contributed by atoms with van der Waals surface area (Å²) in [7, 11) is 0. The molecule has 158 valence electrons. The molecule has 5 rings (SSSR count). The second-order valence-corrected chi connectivity index (χ2v) is 7.55. The molecule has 0 N–H and O–H groups in total. The highest BCUT2D eigenvalue weighted by Gasteiger charge is 2.34. The van der Waals surface area contributed by atoms with E-state index in [2.05, 4.69) is 15.2 Å². The fraction of sp³-hybridized carbons (Fsp3) is 0.273. The summed E-state index contributed by atoms with van der Waals surface area (Å²) < 4.78 is 33.8. The molecule has 3 aromatic heterocycles. The first-order valence-electron chi connectivity index (χ1n) is 9.99. The van der Waals surface area contributed by atoms with Crippen molar-refractivity contribution in [1.29, 1.82) is 0 Å². The first-order chi connectivity index (χ1) is 15.0. The Morgan fingerprint density at radius 3 is 2.74 bits per heavy atom. The van der Waals surface area contributed by atoms with E-state index in [4.69, 9.17) is 4.52 Å². The second kappa shape index (κ2) is 7.57. The average Bonchev–Trinajstić information content (AvgIpc) is 3.52. The maximum atomic E-state index is 13.8. The van der Waals surface area contributed by atoms with Gasteiger partial charge < -0.3 is 9.42 Å². The maximum absolute atomic E-state index is 13.8. The van der Waals surface area contributed by atoms with Crippen LogP contribution >= 0.6 is 0 Å².